The Labute approximate surface area is 125 Å². The summed E-state index contributed by atoms with van der Waals surface area (Å²) in [5.41, 5.74) is 0. The highest BCUT2D eigenvalue weighted by Gasteiger charge is 2.53. The number of nitrogens with one attached hydrogen (secondary N) is 1. The maximum absolute atomic E-state index is 12.6. The van der Waals surface area contributed by atoms with Crippen LogP contribution < -0.4 is 5.32 Å². The largest absolute Gasteiger partial charge is 0.351 e. The zero-order chi connectivity index (χ0) is 14.3. The number of fused-ring (bicyclic) bond motifs is 1. The van der Waals surface area contributed by atoms with E-state index < -0.39 is 0 Å². The third kappa shape index (κ3) is 2.34. The van der Waals surface area contributed by atoms with E-state index in [-0.39, 0.29) is 22.7 Å². The fraction of sp³-hybridized carbons (Fsp3) is 0.867. The Bertz CT molecular complexity index is 428. The molecule has 2 saturated heterocycles. The monoisotopic (exact) mass is 296 g/mol. The molecule has 0 bridgehead atoms. The summed E-state index contributed by atoms with van der Waals surface area (Å²) in [5.74, 6) is 1.52. The van der Waals surface area contributed by atoms with Crippen LogP contribution in [0.3, 0.4) is 0 Å². The Balaban J connectivity index is 1.67. The first-order valence-corrected chi connectivity index (χ1v) is 8.76. The Morgan fingerprint density at radius 3 is 2.90 bits per heavy atom. The van der Waals surface area contributed by atoms with Gasteiger partial charge in [-0.2, -0.15) is 0 Å². The molecule has 0 aromatic heterocycles. The lowest BCUT2D eigenvalue weighted by molar-refractivity contribution is -0.138. The highest BCUT2D eigenvalue weighted by atomic mass is 32.2. The van der Waals surface area contributed by atoms with Gasteiger partial charge < -0.3 is 10.2 Å². The number of nitrogens with zero attached hydrogens (tertiary/aromatic N) is 1. The van der Waals surface area contributed by atoms with Crippen molar-refractivity contribution in [1.82, 2.24) is 10.2 Å². The molecular formula is C15H24N2O2S. The minimum atomic E-state index is -0.255. The Morgan fingerprint density at radius 2 is 2.15 bits per heavy atom. The number of hydrogen-bond acceptors (Lipinski definition) is 3. The van der Waals surface area contributed by atoms with Crippen LogP contribution in [0.4, 0.5) is 0 Å². The van der Waals surface area contributed by atoms with Crippen LogP contribution in [-0.2, 0) is 9.59 Å². The van der Waals surface area contributed by atoms with Gasteiger partial charge in [0.1, 0.15) is 6.04 Å². The number of carbonyl (C=O) groups excluding carboxylic acids is 2. The van der Waals surface area contributed by atoms with Gasteiger partial charge in [-0.3, -0.25) is 9.59 Å². The number of amides is 2. The molecule has 0 aromatic rings. The van der Waals surface area contributed by atoms with Crippen molar-refractivity contribution in [3.05, 3.63) is 0 Å². The van der Waals surface area contributed by atoms with Gasteiger partial charge in [-0.05, 0) is 32.1 Å². The number of hydrogen-bond donors (Lipinski definition) is 1. The Kier molecular flexibility index (Phi) is 3.73. The van der Waals surface area contributed by atoms with Gasteiger partial charge in [0.05, 0.1) is 4.87 Å². The summed E-state index contributed by atoms with van der Waals surface area (Å²) < 4.78 is 0. The molecule has 2 amide bonds. The van der Waals surface area contributed by atoms with Crippen molar-refractivity contribution in [1.29, 1.82) is 0 Å². The van der Waals surface area contributed by atoms with Crippen molar-refractivity contribution >= 4 is 23.6 Å². The summed E-state index contributed by atoms with van der Waals surface area (Å²) >= 11 is 1.76. The van der Waals surface area contributed by atoms with Gasteiger partial charge >= 0.3 is 0 Å². The summed E-state index contributed by atoms with van der Waals surface area (Å²) in [7, 11) is 0. The first-order chi connectivity index (χ1) is 9.51. The molecule has 20 heavy (non-hydrogen) atoms. The third-order valence-corrected chi connectivity index (χ3v) is 6.69. The fourth-order valence-corrected chi connectivity index (χ4v) is 5.26. The molecule has 0 aromatic carbocycles. The van der Waals surface area contributed by atoms with Crippen LogP contribution in [0.15, 0.2) is 0 Å². The normalized spacial score (nSPS) is 40.8. The minimum Gasteiger partial charge on any atom is -0.351 e. The van der Waals surface area contributed by atoms with Crippen LogP contribution in [-0.4, -0.2) is 39.4 Å². The molecule has 2 heterocycles. The van der Waals surface area contributed by atoms with Crippen LogP contribution in [0.1, 0.15) is 52.4 Å². The molecule has 112 valence electrons. The quantitative estimate of drug-likeness (QED) is 0.849. The van der Waals surface area contributed by atoms with Gasteiger partial charge in [-0.15, -0.1) is 11.8 Å². The second-order valence-corrected chi connectivity index (χ2v) is 8.14. The lowest BCUT2D eigenvalue weighted by Gasteiger charge is -2.33. The first kappa shape index (κ1) is 14.2. The lowest BCUT2D eigenvalue weighted by Crippen LogP contribution is -2.53. The van der Waals surface area contributed by atoms with Crippen molar-refractivity contribution in [2.75, 3.05) is 5.75 Å². The van der Waals surface area contributed by atoms with Gasteiger partial charge in [-0.1, -0.05) is 19.8 Å². The van der Waals surface area contributed by atoms with E-state index in [9.17, 15) is 9.59 Å². The van der Waals surface area contributed by atoms with E-state index >= 15 is 0 Å². The number of rotatable bonds is 2. The highest BCUT2D eigenvalue weighted by Crippen LogP contribution is 2.47. The van der Waals surface area contributed by atoms with E-state index in [0.29, 0.717) is 18.4 Å². The predicted octanol–water partition coefficient (Wildman–Crippen LogP) is 2.14. The number of thioether (sulfide) groups is 1. The van der Waals surface area contributed by atoms with Crippen molar-refractivity contribution < 1.29 is 9.59 Å². The maximum atomic E-state index is 12.6. The van der Waals surface area contributed by atoms with Gasteiger partial charge in [0, 0.05) is 18.2 Å². The minimum absolute atomic E-state index is 0.0650. The van der Waals surface area contributed by atoms with Crippen LogP contribution in [0.2, 0.25) is 0 Å². The van der Waals surface area contributed by atoms with Crippen LogP contribution in [0.5, 0.6) is 0 Å². The van der Waals surface area contributed by atoms with Gasteiger partial charge in [-0.25, -0.2) is 0 Å². The smallest absolute Gasteiger partial charge is 0.243 e. The maximum Gasteiger partial charge on any atom is 0.243 e. The topological polar surface area (TPSA) is 49.4 Å². The molecule has 1 N–H and O–H groups in total. The van der Waals surface area contributed by atoms with E-state index in [1.165, 1.54) is 19.3 Å². The van der Waals surface area contributed by atoms with Gasteiger partial charge in [0.25, 0.3) is 0 Å². The van der Waals surface area contributed by atoms with Crippen LogP contribution in [0, 0.1) is 5.92 Å². The summed E-state index contributed by atoms with van der Waals surface area (Å²) in [6.45, 7) is 4.32. The Hall–Kier alpha value is -0.710. The zero-order valence-corrected chi connectivity index (χ0v) is 13.2. The first-order valence-electron chi connectivity index (χ1n) is 7.78. The molecule has 0 radical (unpaired) electrons. The molecule has 3 aliphatic rings. The average molecular weight is 296 g/mol. The third-order valence-electron chi connectivity index (χ3n) is 5.19. The Morgan fingerprint density at radius 1 is 1.40 bits per heavy atom. The van der Waals surface area contributed by atoms with Gasteiger partial charge in [0.2, 0.25) is 11.8 Å². The van der Waals surface area contributed by atoms with E-state index in [1.54, 1.807) is 11.8 Å². The second-order valence-electron chi connectivity index (χ2n) is 6.64. The number of carbonyl (C=O) groups is 2. The van der Waals surface area contributed by atoms with E-state index in [0.717, 1.165) is 18.6 Å². The molecule has 5 heteroatoms. The zero-order valence-electron chi connectivity index (χ0n) is 12.4. The lowest BCUT2D eigenvalue weighted by atomic mass is 9.86. The standard InChI is InChI=1S/C15H24N2O2S/c1-10-5-3-4-6-11(10)16-14(19)12-9-20-15(2)8-7-13(18)17(12)15/h10-12H,3-9H2,1-2H3,(H,16,19). The highest BCUT2D eigenvalue weighted by molar-refractivity contribution is 8.01. The molecule has 3 rings (SSSR count). The van der Waals surface area contributed by atoms with Crippen LogP contribution in [0.25, 0.3) is 0 Å². The van der Waals surface area contributed by atoms with E-state index in [1.807, 2.05) is 4.90 Å². The van der Waals surface area contributed by atoms with E-state index in [4.69, 9.17) is 0 Å². The fourth-order valence-electron chi connectivity index (χ4n) is 3.82. The van der Waals surface area contributed by atoms with Gasteiger partial charge in [0.15, 0.2) is 0 Å². The molecule has 4 unspecified atom stereocenters. The molecule has 3 fully saturated rings. The molecule has 2 aliphatic heterocycles. The molecule has 1 saturated carbocycles. The molecule has 0 spiro atoms. The average Bonchev–Trinajstić information content (AvgIpc) is 2.90. The van der Waals surface area contributed by atoms with Crippen molar-refractivity contribution in [3.8, 4) is 0 Å². The van der Waals surface area contributed by atoms with Crippen molar-refractivity contribution in [2.45, 2.75) is 69.3 Å². The predicted molar refractivity (Wildman–Crippen MR) is 80.3 cm³/mol. The van der Waals surface area contributed by atoms with Crippen LogP contribution >= 0.6 is 11.8 Å². The molecule has 1 aliphatic carbocycles. The van der Waals surface area contributed by atoms with Crippen molar-refractivity contribution in [2.24, 2.45) is 5.92 Å². The second kappa shape index (κ2) is 5.24. The summed E-state index contributed by atoms with van der Waals surface area (Å²) in [4.78, 5) is 26.3. The van der Waals surface area contributed by atoms with E-state index in [2.05, 4.69) is 19.2 Å². The summed E-state index contributed by atoms with van der Waals surface area (Å²) in [6, 6.07) is 0.0416. The molecule has 4 atom stereocenters. The summed E-state index contributed by atoms with van der Waals surface area (Å²) in [5, 5.41) is 3.21. The molecule has 4 nitrogen and oxygen atoms in total. The van der Waals surface area contributed by atoms with Crippen molar-refractivity contribution in [3.63, 3.8) is 0 Å². The SMILES string of the molecule is CC1CCCCC1NC(=O)C1CSC2(C)CCC(=O)N12. The summed E-state index contributed by atoms with van der Waals surface area (Å²) in [6.07, 6.45) is 6.22. The molecular weight excluding hydrogens is 272 g/mol.